The van der Waals surface area contributed by atoms with Gasteiger partial charge in [-0.1, -0.05) is 13.8 Å². The molecule has 1 aliphatic carbocycles. The molecule has 1 saturated carbocycles. The van der Waals surface area contributed by atoms with E-state index in [9.17, 15) is 0 Å². The van der Waals surface area contributed by atoms with Gasteiger partial charge in [-0.25, -0.2) is 4.98 Å². The zero-order valence-electron chi connectivity index (χ0n) is 12.2. The highest BCUT2D eigenvalue weighted by Gasteiger charge is 2.28. The van der Waals surface area contributed by atoms with Gasteiger partial charge < -0.3 is 10.2 Å². The minimum atomic E-state index is 0.504. The van der Waals surface area contributed by atoms with Crippen molar-refractivity contribution in [2.24, 2.45) is 0 Å². The van der Waals surface area contributed by atoms with E-state index in [-0.39, 0.29) is 0 Å². The second-order valence-corrected chi connectivity index (χ2v) is 5.76. The molecule has 1 aromatic rings. The molecule has 0 radical (unpaired) electrons. The molecule has 3 nitrogen and oxygen atoms in total. The van der Waals surface area contributed by atoms with Crippen LogP contribution in [0, 0.1) is 13.8 Å². The first kappa shape index (κ1) is 13.3. The molecule has 0 aromatic carbocycles. The van der Waals surface area contributed by atoms with Gasteiger partial charge in [0.05, 0.1) is 0 Å². The molecule has 1 heterocycles. The van der Waals surface area contributed by atoms with E-state index in [0.717, 1.165) is 12.2 Å². The maximum atomic E-state index is 4.76. The molecule has 1 fully saturated rings. The fourth-order valence-electron chi connectivity index (χ4n) is 2.29. The largest absolute Gasteiger partial charge is 0.356 e. The van der Waals surface area contributed by atoms with Crippen molar-refractivity contribution in [1.29, 1.82) is 0 Å². The van der Waals surface area contributed by atoms with Gasteiger partial charge in [-0.15, -0.1) is 0 Å². The first-order valence-electron chi connectivity index (χ1n) is 6.92. The number of aromatic nitrogens is 1. The number of pyridine rings is 1. The predicted molar refractivity (Wildman–Crippen MR) is 77.1 cm³/mol. The first-order chi connectivity index (χ1) is 8.49. The van der Waals surface area contributed by atoms with Crippen LogP contribution >= 0.6 is 0 Å². The molecular weight excluding hydrogens is 222 g/mol. The zero-order valence-corrected chi connectivity index (χ0v) is 12.2. The van der Waals surface area contributed by atoms with E-state index in [1.165, 1.54) is 29.8 Å². The van der Waals surface area contributed by atoms with Gasteiger partial charge in [-0.3, -0.25) is 0 Å². The molecule has 2 rings (SSSR count). The Morgan fingerprint density at radius 1 is 1.39 bits per heavy atom. The van der Waals surface area contributed by atoms with Crippen molar-refractivity contribution in [1.82, 2.24) is 10.3 Å². The smallest absolute Gasteiger partial charge is 0.133 e. The molecule has 0 aliphatic heterocycles. The standard InChI is InChI=1S/C15H25N3/c1-10(2)16-9-14-11(3)8-12(4)17-15(14)18(5)13-6-7-13/h8,10,13,16H,6-7,9H2,1-5H3. The predicted octanol–water partition coefficient (Wildman–Crippen LogP) is 2.80. The molecule has 1 aliphatic rings. The third kappa shape index (κ3) is 3.02. The van der Waals surface area contributed by atoms with E-state index in [2.05, 4.69) is 51.0 Å². The molecule has 18 heavy (non-hydrogen) atoms. The Labute approximate surface area is 111 Å². The number of hydrogen-bond donors (Lipinski definition) is 1. The molecule has 0 saturated heterocycles. The van der Waals surface area contributed by atoms with E-state index >= 15 is 0 Å². The van der Waals surface area contributed by atoms with Gasteiger partial charge in [0.15, 0.2) is 0 Å². The molecule has 0 amide bonds. The number of rotatable bonds is 5. The number of hydrogen-bond acceptors (Lipinski definition) is 3. The third-order valence-corrected chi connectivity index (χ3v) is 3.57. The van der Waals surface area contributed by atoms with Crippen molar-refractivity contribution in [3.8, 4) is 0 Å². The van der Waals surface area contributed by atoms with E-state index in [0.29, 0.717) is 12.1 Å². The third-order valence-electron chi connectivity index (χ3n) is 3.57. The SMILES string of the molecule is Cc1cc(C)c(CNC(C)C)c(N(C)C2CC2)n1. The second-order valence-electron chi connectivity index (χ2n) is 5.76. The Kier molecular flexibility index (Phi) is 3.91. The number of nitrogens with zero attached hydrogens (tertiary/aromatic N) is 2. The summed E-state index contributed by atoms with van der Waals surface area (Å²) < 4.78 is 0. The van der Waals surface area contributed by atoms with E-state index < -0.39 is 0 Å². The zero-order chi connectivity index (χ0) is 13.3. The summed E-state index contributed by atoms with van der Waals surface area (Å²) in [7, 11) is 2.18. The molecule has 1 N–H and O–H groups in total. The summed E-state index contributed by atoms with van der Waals surface area (Å²) in [5, 5.41) is 3.51. The lowest BCUT2D eigenvalue weighted by molar-refractivity contribution is 0.585. The van der Waals surface area contributed by atoms with Crippen LogP contribution in [0.2, 0.25) is 0 Å². The van der Waals surface area contributed by atoms with Crippen molar-refractivity contribution in [2.75, 3.05) is 11.9 Å². The van der Waals surface area contributed by atoms with Crippen LogP contribution in [0.25, 0.3) is 0 Å². The summed E-state index contributed by atoms with van der Waals surface area (Å²) in [6, 6.07) is 3.39. The van der Waals surface area contributed by atoms with Crippen LogP contribution in [-0.2, 0) is 6.54 Å². The van der Waals surface area contributed by atoms with Crippen molar-refractivity contribution in [3.05, 3.63) is 22.9 Å². The first-order valence-corrected chi connectivity index (χ1v) is 6.92. The Bertz CT molecular complexity index is 422. The Balaban J connectivity index is 2.28. The lowest BCUT2D eigenvalue weighted by atomic mass is 10.1. The van der Waals surface area contributed by atoms with Crippen molar-refractivity contribution in [3.63, 3.8) is 0 Å². The van der Waals surface area contributed by atoms with Crippen LogP contribution in [0.1, 0.15) is 43.5 Å². The van der Waals surface area contributed by atoms with Gasteiger partial charge in [0.1, 0.15) is 5.82 Å². The van der Waals surface area contributed by atoms with Gasteiger partial charge in [0.25, 0.3) is 0 Å². The Morgan fingerprint density at radius 2 is 2.06 bits per heavy atom. The topological polar surface area (TPSA) is 28.2 Å². The van der Waals surface area contributed by atoms with Crippen LogP contribution in [0.5, 0.6) is 0 Å². The van der Waals surface area contributed by atoms with Crippen LogP contribution < -0.4 is 10.2 Å². The highest BCUT2D eigenvalue weighted by molar-refractivity contribution is 5.52. The van der Waals surface area contributed by atoms with Crippen LogP contribution in [0.15, 0.2) is 6.07 Å². The van der Waals surface area contributed by atoms with Crippen molar-refractivity contribution >= 4 is 5.82 Å². The number of aryl methyl sites for hydroxylation is 2. The average molecular weight is 247 g/mol. The fourth-order valence-corrected chi connectivity index (χ4v) is 2.29. The number of nitrogens with one attached hydrogen (secondary N) is 1. The highest BCUT2D eigenvalue weighted by Crippen LogP contribution is 2.32. The molecule has 0 unspecified atom stereocenters. The fraction of sp³-hybridized carbons (Fsp3) is 0.667. The maximum absolute atomic E-state index is 4.76. The summed E-state index contributed by atoms with van der Waals surface area (Å²) >= 11 is 0. The van der Waals surface area contributed by atoms with Crippen LogP contribution in [-0.4, -0.2) is 24.1 Å². The summed E-state index contributed by atoms with van der Waals surface area (Å²) in [6.45, 7) is 9.54. The van der Waals surface area contributed by atoms with E-state index in [4.69, 9.17) is 4.98 Å². The quantitative estimate of drug-likeness (QED) is 0.867. The average Bonchev–Trinajstić information content (AvgIpc) is 3.09. The summed E-state index contributed by atoms with van der Waals surface area (Å²) in [4.78, 5) is 7.12. The van der Waals surface area contributed by atoms with Crippen molar-refractivity contribution < 1.29 is 0 Å². The monoisotopic (exact) mass is 247 g/mol. The second kappa shape index (κ2) is 5.27. The molecule has 100 valence electrons. The number of anilines is 1. The summed E-state index contributed by atoms with van der Waals surface area (Å²) in [5.74, 6) is 1.17. The Morgan fingerprint density at radius 3 is 2.61 bits per heavy atom. The van der Waals surface area contributed by atoms with E-state index in [1.54, 1.807) is 0 Å². The summed E-state index contributed by atoms with van der Waals surface area (Å²) in [5.41, 5.74) is 3.81. The molecular formula is C15H25N3. The van der Waals surface area contributed by atoms with Gasteiger partial charge >= 0.3 is 0 Å². The van der Waals surface area contributed by atoms with Gasteiger partial charge in [-0.05, 0) is 38.3 Å². The maximum Gasteiger partial charge on any atom is 0.133 e. The van der Waals surface area contributed by atoms with Gasteiger partial charge in [0.2, 0.25) is 0 Å². The van der Waals surface area contributed by atoms with Gasteiger partial charge in [-0.2, -0.15) is 0 Å². The van der Waals surface area contributed by atoms with Crippen molar-refractivity contribution in [2.45, 2.75) is 59.2 Å². The lowest BCUT2D eigenvalue weighted by Crippen LogP contribution is -2.27. The molecule has 0 atom stereocenters. The van der Waals surface area contributed by atoms with Gasteiger partial charge in [0, 0.05) is 36.9 Å². The Hall–Kier alpha value is -1.09. The summed E-state index contributed by atoms with van der Waals surface area (Å²) in [6.07, 6.45) is 2.62. The van der Waals surface area contributed by atoms with Crippen LogP contribution in [0.4, 0.5) is 5.82 Å². The normalized spacial score (nSPS) is 15.2. The lowest BCUT2D eigenvalue weighted by Gasteiger charge is -2.23. The van der Waals surface area contributed by atoms with E-state index in [1.807, 2.05) is 0 Å². The minimum Gasteiger partial charge on any atom is -0.356 e. The molecule has 3 heteroatoms. The molecule has 0 spiro atoms. The molecule has 0 bridgehead atoms. The minimum absolute atomic E-state index is 0.504. The highest BCUT2D eigenvalue weighted by atomic mass is 15.2. The molecule has 1 aromatic heterocycles. The van der Waals surface area contributed by atoms with Crippen LogP contribution in [0.3, 0.4) is 0 Å².